The number of aliphatic imine (C=N–C) groups is 1. The number of hydrogen-bond donors (Lipinski definition) is 3. The lowest BCUT2D eigenvalue weighted by atomic mass is 9.45. The quantitative estimate of drug-likeness (QED) is 0.363. The Morgan fingerprint density at radius 2 is 1.90 bits per heavy atom. The fourth-order valence-electron chi connectivity index (χ4n) is 7.72. The van der Waals surface area contributed by atoms with Gasteiger partial charge in [0.25, 0.3) is 5.91 Å². The fraction of sp³-hybridized carbons (Fsp3) is 0.576. The number of nitrogens with zero attached hydrogens (tertiary/aromatic N) is 2. The van der Waals surface area contributed by atoms with Gasteiger partial charge in [0.05, 0.1) is 6.04 Å². The number of carbonyl (C=O) groups excluding carboxylic acids is 1. The first-order valence-electron chi connectivity index (χ1n) is 15.2. The van der Waals surface area contributed by atoms with Gasteiger partial charge in [-0.15, -0.1) is 0 Å². The Morgan fingerprint density at radius 3 is 2.62 bits per heavy atom. The van der Waals surface area contributed by atoms with Crippen molar-refractivity contribution in [3.05, 3.63) is 65.0 Å². The predicted molar refractivity (Wildman–Crippen MR) is 159 cm³/mol. The molecule has 5 aliphatic rings. The lowest BCUT2D eigenvalue weighted by Gasteiger charge is -2.61. The zero-order valence-electron chi connectivity index (χ0n) is 24.3. The Morgan fingerprint density at radius 1 is 1.10 bits per heavy atom. The lowest BCUT2D eigenvalue weighted by Crippen LogP contribution is -2.57. The molecule has 214 valence electrons. The molecule has 1 amide bonds. The van der Waals surface area contributed by atoms with Gasteiger partial charge in [-0.2, -0.15) is 0 Å². The van der Waals surface area contributed by atoms with Gasteiger partial charge in [-0.05, 0) is 110 Å². The van der Waals surface area contributed by atoms with E-state index in [4.69, 9.17) is 4.99 Å². The summed E-state index contributed by atoms with van der Waals surface area (Å²) in [5.41, 5.74) is 4.22. The molecule has 2 bridgehead atoms. The summed E-state index contributed by atoms with van der Waals surface area (Å²) in [6, 6.07) is 13.5. The van der Waals surface area contributed by atoms with Gasteiger partial charge in [0, 0.05) is 43.0 Å². The normalized spacial score (nSPS) is 31.1. The van der Waals surface area contributed by atoms with Gasteiger partial charge in [0.15, 0.2) is 5.96 Å². The summed E-state index contributed by atoms with van der Waals surface area (Å²) in [5, 5.41) is 10.4. The molecule has 4 aliphatic carbocycles. The number of benzene rings is 2. The van der Waals surface area contributed by atoms with Crippen LogP contribution < -0.4 is 16.0 Å². The number of nitrogens with one attached hydrogen (secondary N) is 3. The molecule has 1 heterocycles. The highest BCUT2D eigenvalue weighted by atomic mass is 19.1. The molecule has 7 heteroatoms. The van der Waals surface area contributed by atoms with Crippen LogP contribution in [0, 0.1) is 29.0 Å². The van der Waals surface area contributed by atoms with Crippen molar-refractivity contribution >= 4 is 17.6 Å². The summed E-state index contributed by atoms with van der Waals surface area (Å²) in [7, 11) is 0. The van der Waals surface area contributed by atoms with Crippen LogP contribution >= 0.6 is 0 Å². The third-order valence-electron chi connectivity index (χ3n) is 10.4. The van der Waals surface area contributed by atoms with Crippen molar-refractivity contribution in [3.8, 4) is 0 Å². The van der Waals surface area contributed by atoms with Crippen molar-refractivity contribution in [2.24, 2.45) is 28.2 Å². The van der Waals surface area contributed by atoms with E-state index >= 15 is 0 Å². The number of halogens is 1. The van der Waals surface area contributed by atoms with E-state index in [0.29, 0.717) is 29.0 Å². The van der Waals surface area contributed by atoms with Crippen LogP contribution in [0.4, 0.5) is 10.1 Å². The number of rotatable bonds is 4. The van der Waals surface area contributed by atoms with Crippen LogP contribution in [0.15, 0.2) is 47.5 Å². The van der Waals surface area contributed by atoms with Crippen LogP contribution in [-0.2, 0) is 12.8 Å². The molecule has 7 rings (SSSR count). The second kappa shape index (κ2) is 10.8. The average Bonchev–Trinajstić information content (AvgIpc) is 2.93. The lowest BCUT2D eigenvalue weighted by molar-refractivity contribution is -0.108. The van der Waals surface area contributed by atoms with Crippen LogP contribution in [0.1, 0.15) is 68.4 Å². The molecule has 6 atom stereocenters. The summed E-state index contributed by atoms with van der Waals surface area (Å²) < 4.78 is 13.5. The molecule has 4 fully saturated rings. The number of piperazine rings is 1. The Hall–Kier alpha value is -2.93. The second-order valence-electron chi connectivity index (χ2n) is 13.3. The summed E-state index contributed by atoms with van der Waals surface area (Å²) >= 11 is 0. The van der Waals surface area contributed by atoms with E-state index in [1.807, 2.05) is 30.3 Å². The Bertz CT molecular complexity index is 1270. The standard InChI is InChI=1S/C33H44FN5O/c1-20-19-39(14-13-35-20)32(38-30-18-25-17-29(21(30)2)33(25,3)4)37-27-10-6-22(7-11-27)31(40)36-28-12-8-23-15-26(34)9-5-24(23)16-28/h5-7,9-11,15,20-21,25,28-30,35H,8,12-14,16-19H2,1-4H3,(H,36,40)(H,37,38)/t20-,21-,25+,28?,29-,30-/m0/s1. The smallest absolute Gasteiger partial charge is 0.251 e. The minimum Gasteiger partial charge on any atom is -0.349 e. The van der Waals surface area contributed by atoms with Crippen molar-refractivity contribution in [2.75, 3.05) is 25.0 Å². The van der Waals surface area contributed by atoms with Crippen molar-refractivity contribution in [1.29, 1.82) is 0 Å². The van der Waals surface area contributed by atoms with Crippen molar-refractivity contribution in [1.82, 2.24) is 15.5 Å². The monoisotopic (exact) mass is 545 g/mol. The van der Waals surface area contributed by atoms with E-state index in [9.17, 15) is 9.18 Å². The number of amides is 1. The van der Waals surface area contributed by atoms with Crippen LogP contribution in [0.25, 0.3) is 0 Å². The first-order valence-corrected chi connectivity index (χ1v) is 15.2. The highest BCUT2D eigenvalue weighted by Crippen LogP contribution is 2.61. The number of guanidine groups is 1. The minimum absolute atomic E-state index is 0.0605. The number of anilines is 1. The summed E-state index contributed by atoms with van der Waals surface area (Å²) in [6.07, 6.45) is 4.86. The van der Waals surface area contributed by atoms with Gasteiger partial charge in [-0.3, -0.25) is 4.79 Å². The SMILES string of the molecule is C[C@@H]1[C@@H](N=C(Nc2ccc(C(=O)NC3CCc4cc(F)ccc4C3)cc2)N2CCN[C@@H](C)C2)C[C@H]2C[C@@H]1C2(C)C. The molecular weight excluding hydrogens is 501 g/mol. The molecule has 3 N–H and O–H groups in total. The van der Waals surface area contributed by atoms with Gasteiger partial charge in [-0.25, -0.2) is 9.38 Å². The largest absolute Gasteiger partial charge is 0.349 e. The summed E-state index contributed by atoms with van der Waals surface area (Å²) in [6.45, 7) is 12.3. The molecule has 2 aromatic carbocycles. The van der Waals surface area contributed by atoms with Gasteiger partial charge in [0.1, 0.15) is 5.82 Å². The Balaban J connectivity index is 1.13. The van der Waals surface area contributed by atoms with Gasteiger partial charge >= 0.3 is 0 Å². The van der Waals surface area contributed by atoms with Crippen LogP contribution in [-0.4, -0.2) is 54.5 Å². The van der Waals surface area contributed by atoms with E-state index in [0.717, 1.165) is 79.9 Å². The average molecular weight is 546 g/mol. The maximum Gasteiger partial charge on any atom is 0.251 e. The molecule has 3 saturated carbocycles. The zero-order valence-corrected chi connectivity index (χ0v) is 24.3. The summed E-state index contributed by atoms with van der Waals surface area (Å²) in [5.74, 6) is 2.79. The van der Waals surface area contributed by atoms with Crippen LogP contribution in [0.2, 0.25) is 0 Å². The summed E-state index contributed by atoms with van der Waals surface area (Å²) in [4.78, 5) is 20.8. The molecular formula is C33H44FN5O. The number of fused-ring (bicyclic) bond motifs is 3. The molecule has 1 saturated heterocycles. The highest BCUT2D eigenvalue weighted by Gasteiger charge is 2.56. The molecule has 1 aliphatic heterocycles. The third-order valence-corrected chi connectivity index (χ3v) is 10.4. The van der Waals surface area contributed by atoms with Crippen molar-refractivity contribution in [2.45, 2.75) is 77.9 Å². The Kier molecular flexibility index (Phi) is 7.36. The van der Waals surface area contributed by atoms with Crippen LogP contribution in [0.5, 0.6) is 0 Å². The molecule has 6 nitrogen and oxygen atoms in total. The van der Waals surface area contributed by atoms with Gasteiger partial charge in [-0.1, -0.05) is 26.8 Å². The van der Waals surface area contributed by atoms with Gasteiger partial charge < -0.3 is 20.9 Å². The topological polar surface area (TPSA) is 68.8 Å². The number of aryl methyl sites for hydroxylation is 1. The third kappa shape index (κ3) is 5.37. The predicted octanol–water partition coefficient (Wildman–Crippen LogP) is 5.25. The first-order chi connectivity index (χ1) is 19.2. The van der Waals surface area contributed by atoms with Crippen molar-refractivity contribution < 1.29 is 9.18 Å². The first kappa shape index (κ1) is 27.3. The highest BCUT2D eigenvalue weighted by molar-refractivity contribution is 5.97. The second-order valence-corrected chi connectivity index (χ2v) is 13.3. The minimum atomic E-state index is -0.191. The molecule has 40 heavy (non-hydrogen) atoms. The van der Waals surface area contributed by atoms with E-state index in [2.05, 4.69) is 48.5 Å². The molecule has 2 aromatic rings. The van der Waals surface area contributed by atoms with E-state index in [1.165, 1.54) is 12.5 Å². The molecule has 0 spiro atoms. The zero-order chi connectivity index (χ0) is 28.0. The molecule has 0 aromatic heterocycles. The van der Waals surface area contributed by atoms with Crippen LogP contribution in [0.3, 0.4) is 0 Å². The number of carbonyl (C=O) groups is 1. The van der Waals surface area contributed by atoms with Crippen molar-refractivity contribution in [3.63, 3.8) is 0 Å². The van der Waals surface area contributed by atoms with E-state index in [-0.39, 0.29) is 17.8 Å². The maximum atomic E-state index is 13.5. The maximum absolute atomic E-state index is 13.5. The molecule has 0 radical (unpaired) electrons. The van der Waals surface area contributed by atoms with E-state index in [1.54, 1.807) is 6.07 Å². The number of hydrogen-bond acceptors (Lipinski definition) is 3. The molecule has 1 unspecified atom stereocenters. The van der Waals surface area contributed by atoms with Gasteiger partial charge in [0.2, 0.25) is 0 Å². The fourth-order valence-corrected chi connectivity index (χ4v) is 7.72. The van der Waals surface area contributed by atoms with E-state index < -0.39 is 0 Å². The Labute approximate surface area is 238 Å².